The highest BCUT2D eigenvalue weighted by atomic mass is 35.5. The Morgan fingerprint density at radius 2 is 1.73 bits per heavy atom. The molecule has 0 aliphatic rings. The average Bonchev–Trinajstić information content (AvgIpc) is 2.48. The zero-order chi connectivity index (χ0) is 11.9. The Bertz CT molecular complexity index is 347. The van der Waals surface area contributed by atoms with Crippen LogP contribution in [-0.2, 0) is 0 Å². The van der Waals surface area contributed by atoms with Gasteiger partial charge in [0, 0.05) is 4.88 Å². The number of rotatable bonds is 2. The van der Waals surface area contributed by atoms with E-state index in [1.54, 1.807) is 0 Å². The molecule has 0 fully saturated rings. The number of thiophene rings is 1. The van der Waals surface area contributed by atoms with Crippen LogP contribution in [0.3, 0.4) is 0 Å². The largest absolute Gasteiger partial charge is 0.455 e. The Morgan fingerprint density at radius 1 is 1.20 bits per heavy atom. The number of alkyl halides is 5. The highest BCUT2D eigenvalue weighted by Crippen LogP contribution is 2.44. The number of hydrogen-bond acceptors (Lipinski definition) is 2. The molecule has 86 valence electrons. The minimum atomic E-state index is -5.66. The van der Waals surface area contributed by atoms with Crippen LogP contribution in [0.2, 0.25) is 4.34 Å². The predicted molar refractivity (Wildman–Crippen MR) is 47.3 cm³/mol. The lowest BCUT2D eigenvalue weighted by Crippen LogP contribution is -2.45. The van der Waals surface area contributed by atoms with E-state index in [1.807, 2.05) is 0 Å². The summed E-state index contributed by atoms with van der Waals surface area (Å²) in [7, 11) is 0. The molecule has 1 aromatic rings. The smallest absolute Gasteiger partial charge is 0.318 e. The molecular formula is C7H5ClF5NS. The SMILES string of the molecule is N[C@@H](c1ccc(Cl)s1)C(F)(F)C(F)(F)F. The van der Waals surface area contributed by atoms with Crippen LogP contribution < -0.4 is 5.73 Å². The van der Waals surface area contributed by atoms with E-state index in [0.717, 1.165) is 6.07 Å². The summed E-state index contributed by atoms with van der Waals surface area (Å²) in [5, 5.41) is 0. The molecule has 1 rings (SSSR count). The molecule has 0 radical (unpaired) electrons. The monoisotopic (exact) mass is 265 g/mol. The Morgan fingerprint density at radius 3 is 2.07 bits per heavy atom. The van der Waals surface area contributed by atoms with Crippen LogP contribution in [0, 0.1) is 0 Å². The molecule has 0 unspecified atom stereocenters. The average molecular weight is 266 g/mol. The summed E-state index contributed by atoms with van der Waals surface area (Å²) >= 11 is 6.00. The Hall–Kier alpha value is -0.400. The lowest BCUT2D eigenvalue weighted by Gasteiger charge is -2.24. The van der Waals surface area contributed by atoms with Gasteiger partial charge in [0.05, 0.1) is 4.34 Å². The molecule has 0 spiro atoms. The third kappa shape index (κ3) is 2.40. The van der Waals surface area contributed by atoms with Crippen molar-refractivity contribution in [1.29, 1.82) is 0 Å². The van der Waals surface area contributed by atoms with E-state index in [-0.39, 0.29) is 9.21 Å². The van der Waals surface area contributed by atoms with Gasteiger partial charge in [0.1, 0.15) is 6.04 Å². The van der Waals surface area contributed by atoms with Crippen molar-refractivity contribution in [1.82, 2.24) is 0 Å². The lowest BCUT2D eigenvalue weighted by atomic mass is 10.1. The number of nitrogens with two attached hydrogens (primary N) is 1. The maximum Gasteiger partial charge on any atom is 0.455 e. The number of halogens is 6. The molecule has 8 heteroatoms. The molecule has 1 atom stereocenters. The number of hydrogen-bond donors (Lipinski definition) is 1. The topological polar surface area (TPSA) is 26.0 Å². The quantitative estimate of drug-likeness (QED) is 0.813. The van der Waals surface area contributed by atoms with Crippen LogP contribution in [0.5, 0.6) is 0 Å². The van der Waals surface area contributed by atoms with Crippen molar-refractivity contribution < 1.29 is 22.0 Å². The van der Waals surface area contributed by atoms with Gasteiger partial charge in [0.2, 0.25) is 0 Å². The second-order valence-corrected chi connectivity index (χ2v) is 4.49. The molecule has 0 aromatic carbocycles. The highest BCUT2D eigenvalue weighted by molar-refractivity contribution is 7.16. The van der Waals surface area contributed by atoms with E-state index in [2.05, 4.69) is 0 Å². The summed E-state index contributed by atoms with van der Waals surface area (Å²) in [6, 6.07) is -0.152. The van der Waals surface area contributed by atoms with Crippen LogP contribution in [0.25, 0.3) is 0 Å². The van der Waals surface area contributed by atoms with Gasteiger partial charge < -0.3 is 5.73 Å². The third-order valence-corrected chi connectivity index (χ3v) is 2.98. The highest BCUT2D eigenvalue weighted by Gasteiger charge is 2.62. The summed E-state index contributed by atoms with van der Waals surface area (Å²) in [5.74, 6) is -4.96. The second kappa shape index (κ2) is 3.88. The van der Waals surface area contributed by atoms with Crippen molar-refractivity contribution in [3.63, 3.8) is 0 Å². The molecule has 1 nitrogen and oxygen atoms in total. The van der Waals surface area contributed by atoms with Gasteiger partial charge in [-0.15, -0.1) is 11.3 Å². The fourth-order valence-corrected chi connectivity index (χ4v) is 1.95. The molecule has 1 aromatic heterocycles. The van der Waals surface area contributed by atoms with Crippen molar-refractivity contribution in [2.45, 2.75) is 18.1 Å². The minimum absolute atomic E-state index is 0.110. The normalized spacial score (nSPS) is 15.4. The van der Waals surface area contributed by atoms with Crippen molar-refractivity contribution in [2.24, 2.45) is 5.73 Å². The van der Waals surface area contributed by atoms with Crippen LogP contribution in [0.4, 0.5) is 22.0 Å². The fraction of sp³-hybridized carbons (Fsp3) is 0.429. The second-order valence-electron chi connectivity index (χ2n) is 2.74. The van der Waals surface area contributed by atoms with Crippen LogP contribution in [0.15, 0.2) is 12.1 Å². The standard InChI is InChI=1S/C7H5ClF5NS/c8-4-2-1-3(15-4)5(14)6(9,10)7(11,12)13/h1-2,5H,14H2/t5-/m0/s1. The molecule has 0 aliphatic carbocycles. The summed E-state index contributed by atoms with van der Waals surface area (Å²) in [6.07, 6.45) is -5.66. The molecule has 1 heterocycles. The zero-order valence-corrected chi connectivity index (χ0v) is 8.56. The van der Waals surface area contributed by atoms with E-state index < -0.39 is 18.1 Å². The van der Waals surface area contributed by atoms with Gasteiger partial charge in [-0.1, -0.05) is 11.6 Å². The van der Waals surface area contributed by atoms with Gasteiger partial charge in [-0.05, 0) is 12.1 Å². The van der Waals surface area contributed by atoms with E-state index in [9.17, 15) is 22.0 Å². The first-order valence-electron chi connectivity index (χ1n) is 3.61. The van der Waals surface area contributed by atoms with Crippen LogP contribution in [0.1, 0.15) is 10.9 Å². The first-order valence-corrected chi connectivity index (χ1v) is 4.81. The fourth-order valence-electron chi connectivity index (χ4n) is 0.850. The van der Waals surface area contributed by atoms with Gasteiger partial charge in [-0.2, -0.15) is 22.0 Å². The summed E-state index contributed by atoms with van der Waals surface area (Å²) < 4.78 is 61.3. The van der Waals surface area contributed by atoms with Gasteiger partial charge in [-0.25, -0.2) is 0 Å². The van der Waals surface area contributed by atoms with Gasteiger partial charge in [0.25, 0.3) is 0 Å². The maximum absolute atomic E-state index is 12.7. The van der Waals surface area contributed by atoms with Crippen molar-refractivity contribution >= 4 is 22.9 Å². The van der Waals surface area contributed by atoms with Crippen molar-refractivity contribution in [2.75, 3.05) is 0 Å². The first kappa shape index (κ1) is 12.7. The lowest BCUT2D eigenvalue weighted by molar-refractivity contribution is -0.290. The minimum Gasteiger partial charge on any atom is -0.318 e. The zero-order valence-electron chi connectivity index (χ0n) is 6.99. The first-order chi connectivity index (χ1) is 6.66. The molecule has 15 heavy (non-hydrogen) atoms. The van der Waals surface area contributed by atoms with Crippen molar-refractivity contribution in [3.05, 3.63) is 21.3 Å². The maximum atomic E-state index is 12.7. The molecule has 0 saturated carbocycles. The summed E-state index contributed by atoms with van der Waals surface area (Å²) in [4.78, 5) is -0.303. The van der Waals surface area contributed by atoms with Crippen LogP contribution in [-0.4, -0.2) is 12.1 Å². The Balaban J connectivity index is 2.99. The van der Waals surface area contributed by atoms with Gasteiger partial charge in [-0.3, -0.25) is 0 Å². The molecule has 0 amide bonds. The summed E-state index contributed by atoms with van der Waals surface area (Å²) in [5.41, 5.74) is 4.85. The van der Waals surface area contributed by atoms with E-state index >= 15 is 0 Å². The Labute approximate surface area is 90.6 Å². The molecule has 0 saturated heterocycles. The van der Waals surface area contributed by atoms with E-state index in [0.29, 0.717) is 11.3 Å². The predicted octanol–water partition coefficient (Wildman–Crippen LogP) is 3.60. The molecule has 2 N–H and O–H groups in total. The van der Waals surface area contributed by atoms with E-state index in [4.69, 9.17) is 17.3 Å². The molecule has 0 aliphatic heterocycles. The van der Waals surface area contributed by atoms with Gasteiger partial charge in [0.15, 0.2) is 0 Å². The Kier molecular flexibility index (Phi) is 3.27. The van der Waals surface area contributed by atoms with E-state index in [1.165, 1.54) is 6.07 Å². The van der Waals surface area contributed by atoms with Crippen molar-refractivity contribution in [3.8, 4) is 0 Å². The third-order valence-electron chi connectivity index (χ3n) is 1.67. The summed E-state index contributed by atoms with van der Waals surface area (Å²) in [6.45, 7) is 0. The molecular weight excluding hydrogens is 261 g/mol. The molecule has 0 bridgehead atoms. The van der Waals surface area contributed by atoms with Gasteiger partial charge >= 0.3 is 12.1 Å². The van der Waals surface area contributed by atoms with Crippen LogP contribution >= 0.6 is 22.9 Å².